The zero-order chi connectivity index (χ0) is 17.0. The molecule has 1 N–H and O–H groups in total. The summed E-state index contributed by atoms with van der Waals surface area (Å²) in [6, 6.07) is 9.03. The van der Waals surface area contributed by atoms with Crippen molar-refractivity contribution in [1.82, 2.24) is 9.97 Å². The Morgan fingerprint density at radius 2 is 1.96 bits per heavy atom. The van der Waals surface area contributed by atoms with Gasteiger partial charge in [0.1, 0.15) is 5.60 Å². The summed E-state index contributed by atoms with van der Waals surface area (Å²) >= 11 is 9.13. The van der Waals surface area contributed by atoms with Crippen molar-refractivity contribution in [1.29, 1.82) is 0 Å². The van der Waals surface area contributed by atoms with Gasteiger partial charge in [0.25, 0.3) is 0 Å². The minimum atomic E-state index is -0.633. The molecule has 122 valence electrons. The largest absolute Gasteiger partial charge is 0.442 e. The first-order valence-electron chi connectivity index (χ1n) is 6.79. The van der Waals surface area contributed by atoms with Crippen molar-refractivity contribution in [2.45, 2.75) is 26.4 Å². The summed E-state index contributed by atoms with van der Waals surface area (Å²) in [4.78, 5) is 20.4. The lowest BCUT2D eigenvalue weighted by atomic mass is 10.2. The number of nitrogens with zero attached hydrogens (tertiary/aromatic N) is 3. The van der Waals surface area contributed by atoms with E-state index in [0.29, 0.717) is 16.0 Å². The van der Waals surface area contributed by atoms with Gasteiger partial charge >= 0.3 is 6.09 Å². The second kappa shape index (κ2) is 7.14. The SMILES string of the molecule is CC(C)(C)OC(=O)N(Nc1nc(Cl)ncc1Br)c1ccccc1. The molecule has 2 rings (SSSR count). The number of carbonyl (C=O) groups is 1. The summed E-state index contributed by atoms with van der Waals surface area (Å²) in [5, 5.41) is 1.32. The Morgan fingerprint density at radius 3 is 2.57 bits per heavy atom. The third-order valence-corrected chi connectivity index (χ3v) is 3.29. The van der Waals surface area contributed by atoms with Gasteiger partial charge in [0, 0.05) is 6.20 Å². The van der Waals surface area contributed by atoms with Crippen LogP contribution in [0.2, 0.25) is 5.28 Å². The van der Waals surface area contributed by atoms with Crippen LogP contribution in [0.5, 0.6) is 0 Å². The number of nitrogens with one attached hydrogen (secondary N) is 1. The number of aromatic nitrogens is 2. The van der Waals surface area contributed by atoms with Gasteiger partial charge in [0.2, 0.25) is 5.28 Å². The van der Waals surface area contributed by atoms with Crippen LogP contribution < -0.4 is 10.4 Å². The molecule has 8 heteroatoms. The highest BCUT2D eigenvalue weighted by Gasteiger charge is 2.24. The molecule has 6 nitrogen and oxygen atoms in total. The molecule has 1 aromatic carbocycles. The fourth-order valence-corrected chi connectivity index (χ4v) is 2.04. The van der Waals surface area contributed by atoms with E-state index in [0.717, 1.165) is 0 Å². The van der Waals surface area contributed by atoms with Crippen molar-refractivity contribution >= 4 is 45.1 Å². The Bertz CT molecular complexity index is 692. The Kier molecular flexibility index (Phi) is 5.43. The molecule has 0 radical (unpaired) electrons. The molecule has 2 aromatic rings. The number of hydrogen-bond donors (Lipinski definition) is 1. The van der Waals surface area contributed by atoms with Crippen LogP contribution in [0.1, 0.15) is 20.8 Å². The fraction of sp³-hybridized carbons (Fsp3) is 0.267. The van der Waals surface area contributed by atoms with Crippen LogP contribution in [0, 0.1) is 0 Å². The molecule has 1 aromatic heterocycles. The maximum Gasteiger partial charge on any atom is 0.434 e. The van der Waals surface area contributed by atoms with Crippen LogP contribution in [0.25, 0.3) is 0 Å². The van der Waals surface area contributed by atoms with Crippen LogP contribution in [0.4, 0.5) is 16.3 Å². The van der Waals surface area contributed by atoms with E-state index in [2.05, 4.69) is 31.3 Å². The van der Waals surface area contributed by atoms with Crippen LogP contribution in [-0.2, 0) is 4.74 Å². The van der Waals surface area contributed by atoms with E-state index in [9.17, 15) is 4.79 Å². The number of hydrazine groups is 1. The number of rotatable bonds is 3. The number of amides is 1. The molecule has 0 aliphatic carbocycles. The van der Waals surface area contributed by atoms with Gasteiger partial charge in [-0.2, -0.15) is 9.99 Å². The van der Waals surface area contributed by atoms with E-state index in [1.807, 2.05) is 18.2 Å². The predicted molar refractivity (Wildman–Crippen MR) is 93.5 cm³/mol. The molecule has 0 fully saturated rings. The number of anilines is 2. The average molecular weight is 400 g/mol. The average Bonchev–Trinajstić information content (AvgIpc) is 2.47. The van der Waals surface area contributed by atoms with E-state index < -0.39 is 11.7 Å². The molecule has 0 aliphatic heterocycles. The minimum Gasteiger partial charge on any atom is -0.442 e. The number of para-hydroxylation sites is 1. The molecule has 1 heterocycles. The van der Waals surface area contributed by atoms with Crippen molar-refractivity contribution < 1.29 is 9.53 Å². The summed E-state index contributed by atoms with van der Waals surface area (Å²) in [5.41, 5.74) is 2.87. The molecule has 0 spiro atoms. The quantitative estimate of drug-likeness (QED) is 0.600. The van der Waals surface area contributed by atoms with Crippen LogP contribution in [0.15, 0.2) is 41.0 Å². The van der Waals surface area contributed by atoms with E-state index in [-0.39, 0.29) is 5.28 Å². The molecular weight excluding hydrogens is 384 g/mol. The molecule has 0 saturated carbocycles. The van der Waals surface area contributed by atoms with Crippen molar-refractivity contribution in [2.24, 2.45) is 0 Å². The van der Waals surface area contributed by atoms with Gasteiger partial charge in [0.05, 0.1) is 10.2 Å². The molecule has 0 atom stereocenters. The topological polar surface area (TPSA) is 67.3 Å². The number of benzene rings is 1. The summed E-state index contributed by atoms with van der Waals surface area (Å²) < 4.78 is 5.99. The summed E-state index contributed by atoms with van der Waals surface area (Å²) in [7, 11) is 0. The van der Waals surface area contributed by atoms with Gasteiger partial charge in [-0.05, 0) is 60.4 Å². The maximum absolute atomic E-state index is 12.5. The van der Waals surface area contributed by atoms with Crippen molar-refractivity contribution in [3.63, 3.8) is 0 Å². The first-order valence-corrected chi connectivity index (χ1v) is 7.96. The monoisotopic (exact) mass is 398 g/mol. The van der Waals surface area contributed by atoms with Crippen LogP contribution >= 0.6 is 27.5 Å². The smallest absolute Gasteiger partial charge is 0.434 e. The standard InChI is InChI=1S/C15H16BrClN4O2/c1-15(2,3)23-14(22)21(10-7-5-4-6-8-10)20-12-11(16)9-18-13(17)19-12/h4-9H,1-3H3,(H,18,19,20). The van der Waals surface area contributed by atoms with Gasteiger partial charge in [-0.3, -0.25) is 5.43 Å². The summed E-state index contributed by atoms with van der Waals surface area (Å²) in [5.74, 6) is 0.347. The van der Waals surface area contributed by atoms with Crippen molar-refractivity contribution in [3.8, 4) is 0 Å². The minimum absolute atomic E-state index is 0.0629. The third-order valence-electron chi connectivity index (χ3n) is 2.52. The predicted octanol–water partition coefficient (Wildman–Crippen LogP) is 4.66. The summed E-state index contributed by atoms with van der Waals surface area (Å²) in [6.07, 6.45) is 0.931. The highest BCUT2D eigenvalue weighted by Crippen LogP contribution is 2.24. The number of hydrogen-bond acceptors (Lipinski definition) is 5. The lowest BCUT2D eigenvalue weighted by molar-refractivity contribution is 0.0589. The Balaban J connectivity index is 2.34. The highest BCUT2D eigenvalue weighted by molar-refractivity contribution is 9.10. The lowest BCUT2D eigenvalue weighted by Crippen LogP contribution is -2.41. The van der Waals surface area contributed by atoms with Crippen LogP contribution in [-0.4, -0.2) is 21.7 Å². The molecule has 0 bridgehead atoms. The van der Waals surface area contributed by atoms with Gasteiger partial charge in [0.15, 0.2) is 5.82 Å². The van der Waals surface area contributed by atoms with Crippen molar-refractivity contribution in [3.05, 3.63) is 46.3 Å². The Hall–Kier alpha value is -1.86. The molecule has 0 aliphatic rings. The van der Waals surface area contributed by atoms with E-state index >= 15 is 0 Å². The molecular formula is C15H16BrClN4O2. The van der Waals surface area contributed by atoms with Crippen molar-refractivity contribution in [2.75, 3.05) is 10.4 Å². The lowest BCUT2D eigenvalue weighted by Gasteiger charge is -2.28. The fourth-order valence-electron chi connectivity index (χ4n) is 1.63. The Morgan fingerprint density at radius 1 is 1.30 bits per heavy atom. The highest BCUT2D eigenvalue weighted by atomic mass is 79.9. The summed E-state index contributed by atoms with van der Waals surface area (Å²) in [6.45, 7) is 5.39. The van der Waals surface area contributed by atoms with Gasteiger partial charge < -0.3 is 4.74 Å². The van der Waals surface area contributed by atoms with Gasteiger partial charge in [-0.25, -0.2) is 9.78 Å². The second-order valence-corrected chi connectivity index (χ2v) is 6.79. The molecule has 0 unspecified atom stereocenters. The zero-order valence-corrected chi connectivity index (χ0v) is 15.2. The van der Waals surface area contributed by atoms with E-state index in [1.54, 1.807) is 32.9 Å². The van der Waals surface area contributed by atoms with Gasteiger partial charge in [-0.15, -0.1) is 0 Å². The third kappa shape index (κ3) is 5.07. The molecule has 0 saturated heterocycles. The second-order valence-electron chi connectivity index (χ2n) is 5.60. The molecule has 23 heavy (non-hydrogen) atoms. The first kappa shape index (κ1) is 17.5. The van der Waals surface area contributed by atoms with Crippen LogP contribution in [0.3, 0.4) is 0 Å². The normalized spacial score (nSPS) is 11.0. The number of halogens is 2. The first-order chi connectivity index (χ1) is 10.8. The Labute approximate surface area is 147 Å². The number of carbonyl (C=O) groups excluding carboxylic acids is 1. The van der Waals surface area contributed by atoms with Gasteiger partial charge in [-0.1, -0.05) is 18.2 Å². The van der Waals surface area contributed by atoms with E-state index in [1.165, 1.54) is 11.2 Å². The number of ether oxygens (including phenoxy) is 1. The zero-order valence-electron chi connectivity index (χ0n) is 12.9. The maximum atomic E-state index is 12.5. The molecule has 1 amide bonds. The van der Waals surface area contributed by atoms with E-state index in [4.69, 9.17) is 16.3 Å².